The van der Waals surface area contributed by atoms with Crippen LogP contribution in [0.25, 0.3) is 11.4 Å². The molecule has 2 aromatic heterocycles. The second-order valence-electron chi connectivity index (χ2n) is 10.4. The van der Waals surface area contributed by atoms with Crippen LogP contribution in [0, 0.1) is 12.8 Å². The van der Waals surface area contributed by atoms with E-state index in [2.05, 4.69) is 18.8 Å². The van der Waals surface area contributed by atoms with Crippen molar-refractivity contribution < 1.29 is 24.2 Å². The zero-order valence-corrected chi connectivity index (χ0v) is 23.6. The maximum atomic E-state index is 13.5. The second kappa shape index (κ2) is 11.9. The molecule has 1 saturated heterocycles. The molecule has 4 rings (SSSR count). The number of hydrogen-bond acceptors (Lipinski definition) is 7. The van der Waals surface area contributed by atoms with Gasteiger partial charge in [0.2, 0.25) is 0 Å². The lowest BCUT2D eigenvalue weighted by Crippen LogP contribution is -2.35. The minimum absolute atomic E-state index is 0.0310. The number of Topliss-reactive ketones (excluding diaryl/α,β-unsaturated/α-hetero) is 1. The van der Waals surface area contributed by atoms with Gasteiger partial charge in [-0.1, -0.05) is 26.0 Å². The van der Waals surface area contributed by atoms with Gasteiger partial charge in [0, 0.05) is 19.3 Å². The molecule has 1 aliphatic heterocycles. The second-order valence-corrected chi connectivity index (χ2v) is 10.4. The van der Waals surface area contributed by atoms with Crippen LogP contribution in [0.1, 0.15) is 50.2 Å². The van der Waals surface area contributed by atoms with Crippen LogP contribution in [0.15, 0.2) is 48.2 Å². The molecule has 0 saturated carbocycles. The number of benzene rings is 1. The Morgan fingerprint density at radius 2 is 1.90 bits per heavy atom. The van der Waals surface area contributed by atoms with Gasteiger partial charge in [0.1, 0.15) is 11.3 Å². The quantitative estimate of drug-likeness (QED) is 0.221. The number of nitrogens with zero attached hydrogens (tertiary/aromatic N) is 4. The number of amides is 1. The van der Waals surface area contributed by atoms with Gasteiger partial charge in [0.25, 0.3) is 11.7 Å². The van der Waals surface area contributed by atoms with Crippen molar-refractivity contribution in [3.05, 3.63) is 65.1 Å². The van der Waals surface area contributed by atoms with Crippen LogP contribution in [0.2, 0.25) is 0 Å². The highest BCUT2D eigenvalue weighted by Gasteiger charge is 2.46. The molecule has 9 heteroatoms. The number of ether oxygens (including phenoxy) is 2. The average Bonchev–Trinajstić information content (AvgIpc) is 3.35. The molecule has 3 heterocycles. The van der Waals surface area contributed by atoms with Crippen LogP contribution >= 0.6 is 0 Å². The van der Waals surface area contributed by atoms with E-state index in [9.17, 15) is 14.7 Å². The van der Waals surface area contributed by atoms with Gasteiger partial charge in [-0.2, -0.15) is 0 Å². The fourth-order valence-electron chi connectivity index (χ4n) is 4.78. The maximum Gasteiger partial charge on any atom is 0.295 e. The number of imidazole rings is 1. The Bertz CT molecular complexity index is 1390. The largest absolute Gasteiger partial charge is 0.505 e. The van der Waals surface area contributed by atoms with E-state index in [1.807, 2.05) is 62.3 Å². The molecule has 1 atom stereocenters. The predicted octanol–water partition coefficient (Wildman–Crippen LogP) is 4.45. The van der Waals surface area contributed by atoms with E-state index in [1.54, 1.807) is 17.5 Å². The van der Waals surface area contributed by atoms with Gasteiger partial charge in [-0.25, -0.2) is 4.98 Å². The number of aromatic nitrogens is 2. The molecule has 208 valence electrons. The first-order chi connectivity index (χ1) is 18.6. The van der Waals surface area contributed by atoms with Crippen LogP contribution in [0.5, 0.6) is 11.5 Å². The Morgan fingerprint density at radius 1 is 1.13 bits per heavy atom. The van der Waals surface area contributed by atoms with Crippen LogP contribution in [-0.4, -0.2) is 76.4 Å². The number of likely N-dealkylation sites (tertiary alicyclic amines) is 1. The van der Waals surface area contributed by atoms with E-state index in [-0.39, 0.29) is 11.3 Å². The average molecular weight is 535 g/mol. The molecule has 1 aliphatic rings. The summed E-state index contributed by atoms with van der Waals surface area (Å²) in [7, 11) is 3.81. The minimum Gasteiger partial charge on any atom is -0.505 e. The Hall–Kier alpha value is -3.85. The smallest absolute Gasteiger partial charge is 0.295 e. The molecule has 9 nitrogen and oxygen atoms in total. The van der Waals surface area contributed by atoms with Crippen molar-refractivity contribution in [3.8, 4) is 11.5 Å². The number of pyridine rings is 1. The Kier molecular flexibility index (Phi) is 8.60. The van der Waals surface area contributed by atoms with E-state index < -0.39 is 17.7 Å². The summed E-state index contributed by atoms with van der Waals surface area (Å²) in [6.07, 6.45) is 2.68. The summed E-state index contributed by atoms with van der Waals surface area (Å²) in [4.78, 5) is 34.9. The Balaban J connectivity index is 1.86. The third-order valence-electron chi connectivity index (χ3n) is 6.79. The first-order valence-corrected chi connectivity index (χ1v) is 13.4. The van der Waals surface area contributed by atoms with Crippen molar-refractivity contribution in [2.75, 3.05) is 40.4 Å². The highest BCUT2D eigenvalue weighted by atomic mass is 16.5. The number of hydrogen-bond donors (Lipinski definition) is 1. The number of likely N-dealkylation sites (N-methyl/N-ethyl adjacent to an activating group) is 1. The normalized spacial score (nSPS) is 17.1. The molecule has 1 amide bonds. The predicted molar refractivity (Wildman–Crippen MR) is 150 cm³/mol. The highest BCUT2D eigenvalue weighted by molar-refractivity contribution is 6.46. The minimum atomic E-state index is -0.803. The van der Waals surface area contributed by atoms with Crippen molar-refractivity contribution in [2.45, 2.75) is 40.2 Å². The molecule has 1 fully saturated rings. The summed E-state index contributed by atoms with van der Waals surface area (Å²) < 4.78 is 13.7. The standard InChI is InChI=1S/C30H38N4O5/c1-7-38-23-18-21(11-12-22(23)39-17-13-19(2)3)27-25(29(36)30(37)34(27)16-15-32(5)6)28(35)26-20(4)31-24-10-8-9-14-33(24)26/h8-12,14,18-19,27,35H,7,13,15-17H2,1-6H3. The van der Waals surface area contributed by atoms with Gasteiger partial charge in [0.05, 0.1) is 30.5 Å². The number of rotatable bonds is 11. The number of ketones is 1. The van der Waals surface area contributed by atoms with Crippen LogP contribution in [0.4, 0.5) is 0 Å². The summed E-state index contributed by atoms with van der Waals surface area (Å²) in [5.74, 6) is 0.00497. The van der Waals surface area contributed by atoms with Crippen molar-refractivity contribution in [1.82, 2.24) is 19.2 Å². The fourth-order valence-corrected chi connectivity index (χ4v) is 4.78. The van der Waals surface area contributed by atoms with E-state index in [1.165, 1.54) is 4.90 Å². The van der Waals surface area contributed by atoms with Crippen molar-refractivity contribution in [3.63, 3.8) is 0 Å². The van der Waals surface area contributed by atoms with E-state index >= 15 is 0 Å². The SMILES string of the molecule is CCOc1cc(C2C(=C(O)c3c(C)nc4ccccn34)C(=O)C(=O)N2CCN(C)C)ccc1OCCC(C)C. The number of fused-ring (bicyclic) bond motifs is 1. The molecule has 0 bridgehead atoms. The zero-order valence-electron chi connectivity index (χ0n) is 23.6. The van der Waals surface area contributed by atoms with Gasteiger partial charge >= 0.3 is 0 Å². The van der Waals surface area contributed by atoms with Crippen molar-refractivity contribution in [1.29, 1.82) is 0 Å². The number of carbonyl (C=O) groups is 2. The molecule has 1 unspecified atom stereocenters. The Labute approximate surface area is 229 Å². The lowest BCUT2D eigenvalue weighted by atomic mass is 9.96. The van der Waals surface area contributed by atoms with Crippen LogP contribution in [-0.2, 0) is 9.59 Å². The monoisotopic (exact) mass is 534 g/mol. The van der Waals surface area contributed by atoms with Gasteiger partial charge in [0.15, 0.2) is 17.3 Å². The number of aliphatic hydroxyl groups excluding tert-OH is 1. The van der Waals surface area contributed by atoms with E-state index in [0.717, 1.165) is 6.42 Å². The first-order valence-electron chi connectivity index (χ1n) is 13.4. The molecular weight excluding hydrogens is 496 g/mol. The molecular formula is C30H38N4O5. The summed E-state index contributed by atoms with van der Waals surface area (Å²) in [6, 6.07) is 10.2. The first kappa shape index (κ1) is 28.2. The number of aryl methyl sites for hydroxylation is 1. The molecule has 0 aliphatic carbocycles. The fraction of sp³-hybridized carbons (Fsp3) is 0.433. The third-order valence-corrected chi connectivity index (χ3v) is 6.79. The molecule has 1 aromatic carbocycles. The highest BCUT2D eigenvalue weighted by Crippen LogP contribution is 2.42. The van der Waals surface area contributed by atoms with Crippen molar-refractivity contribution in [2.24, 2.45) is 5.92 Å². The van der Waals surface area contributed by atoms with E-state index in [4.69, 9.17) is 9.47 Å². The number of carbonyl (C=O) groups excluding carboxylic acids is 2. The summed E-state index contributed by atoms with van der Waals surface area (Å²) in [6.45, 7) is 9.76. The zero-order chi connectivity index (χ0) is 28.3. The molecule has 0 spiro atoms. The van der Waals surface area contributed by atoms with E-state index in [0.29, 0.717) is 66.3 Å². The molecule has 3 aromatic rings. The van der Waals surface area contributed by atoms with Crippen molar-refractivity contribution >= 4 is 23.1 Å². The molecule has 39 heavy (non-hydrogen) atoms. The lowest BCUT2D eigenvalue weighted by Gasteiger charge is -2.27. The maximum absolute atomic E-state index is 13.5. The lowest BCUT2D eigenvalue weighted by molar-refractivity contribution is -0.140. The molecule has 1 N–H and O–H groups in total. The summed E-state index contributed by atoms with van der Waals surface area (Å²) in [5, 5.41) is 11.7. The van der Waals surface area contributed by atoms with Gasteiger partial charge in [-0.05, 0) is 70.1 Å². The third kappa shape index (κ3) is 5.78. The number of aliphatic hydroxyl groups is 1. The summed E-state index contributed by atoms with van der Waals surface area (Å²) >= 11 is 0. The van der Waals surface area contributed by atoms with Gasteiger partial charge in [-0.3, -0.25) is 14.0 Å². The molecule has 0 radical (unpaired) electrons. The van der Waals surface area contributed by atoms with Crippen LogP contribution in [0.3, 0.4) is 0 Å². The summed E-state index contributed by atoms with van der Waals surface area (Å²) in [5.41, 5.74) is 2.27. The van der Waals surface area contributed by atoms with Gasteiger partial charge < -0.3 is 24.4 Å². The Morgan fingerprint density at radius 3 is 2.59 bits per heavy atom. The van der Waals surface area contributed by atoms with Crippen LogP contribution < -0.4 is 9.47 Å². The van der Waals surface area contributed by atoms with Gasteiger partial charge in [-0.15, -0.1) is 0 Å². The topological polar surface area (TPSA) is 96.6 Å².